The third-order valence-electron chi connectivity index (χ3n) is 15.9. The summed E-state index contributed by atoms with van der Waals surface area (Å²) in [5, 5.41) is 68.1. The van der Waals surface area contributed by atoms with E-state index in [0.29, 0.717) is 31.4 Å². The van der Waals surface area contributed by atoms with E-state index < -0.39 is 134 Å². The van der Waals surface area contributed by atoms with Crippen LogP contribution in [0.3, 0.4) is 0 Å². The fraction of sp³-hybridized carbons (Fsp3) is 0.627. The molecule has 0 bridgehead atoms. The number of likely N-dealkylation sites (N-methyl/N-ethyl adjacent to an activating group) is 2. The summed E-state index contributed by atoms with van der Waals surface area (Å²) in [7, 11) is 5.96. The van der Waals surface area contributed by atoms with Gasteiger partial charge in [-0.05, 0) is 55.2 Å². The summed E-state index contributed by atoms with van der Waals surface area (Å²) in [6.07, 6.45) is -5.35. The fourth-order valence-corrected chi connectivity index (χ4v) is 12.2. The summed E-state index contributed by atoms with van der Waals surface area (Å²) in [5.74, 6) is -2.44. The second-order valence-corrected chi connectivity index (χ2v) is 23.2. The molecule has 82 heavy (non-hydrogen) atoms. The maximum Gasteiger partial charge on any atom is 0.410 e. The highest BCUT2D eigenvalue weighted by Gasteiger charge is 2.46. The molecule has 22 nitrogen and oxygen atoms in total. The summed E-state index contributed by atoms with van der Waals surface area (Å²) in [6, 6.07) is 9.15. The van der Waals surface area contributed by atoms with Crippen LogP contribution in [0.1, 0.15) is 121 Å². The van der Waals surface area contributed by atoms with Crippen LogP contribution < -0.4 is 15.4 Å². The molecule has 5 amide bonds. The molecule has 5 rings (SSSR count). The number of aromatic carboxylic acids is 1. The van der Waals surface area contributed by atoms with E-state index in [4.69, 9.17) is 30.1 Å². The molecule has 3 aromatic rings. The molecular formula is C59H85N5O17S. The molecule has 2 aliphatic rings. The van der Waals surface area contributed by atoms with E-state index in [9.17, 15) is 59.4 Å². The number of carbonyl (C=O) groups excluding carboxylic acids is 5. The van der Waals surface area contributed by atoms with Gasteiger partial charge in [-0.2, -0.15) is 0 Å². The maximum absolute atomic E-state index is 14.9. The first-order valence-corrected chi connectivity index (χ1v) is 28.7. The normalized spacial score (nSPS) is 22.8. The minimum atomic E-state index is -1.77. The molecule has 8 N–H and O–H groups in total. The smallest absolute Gasteiger partial charge is 0.410 e. The van der Waals surface area contributed by atoms with Gasteiger partial charge >= 0.3 is 12.1 Å². The van der Waals surface area contributed by atoms with E-state index in [1.807, 2.05) is 32.0 Å². The zero-order chi connectivity index (χ0) is 61.0. The molecule has 0 radical (unpaired) electrons. The predicted octanol–water partition coefficient (Wildman–Crippen LogP) is 4.24. The number of benzene rings is 2. The number of nitrogens with one attached hydrogen (secondary N) is 2. The number of aliphatic hydroxyl groups is 5. The molecule has 0 aliphatic carbocycles. The molecule has 454 valence electrons. The number of fused-ring (bicyclic) bond motifs is 1. The van der Waals surface area contributed by atoms with E-state index in [0.717, 1.165) is 16.2 Å². The number of hydrogen-bond acceptors (Lipinski definition) is 17. The van der Waals surface area contributed by atoms with Gasteiger partial charge in [-0.15, -0.1) is 23.7 Å². The van der Waals surface area contributed by atoms with E-state index in [1.165, 1.54) is 44.4 Å². The summed E-state index contributed by atoms with van der Waals surface area (Å²) in [5.41, 5.74) is 0.939. The average molecular weight is 1170 g/mol. The van der Waals surface area contributed by atoms with Crippen molar-refractivity contribution in [2.75, 3.05) is 41.5 Å². The largest absolute Gasteiger partial charge is 0.477 e. The Morgan fingerprint density at radius 1 is 0.890 bits per heavy atom. The van der Waals surface area contributed by atoms with Gasteiger partial charge in [0, 0.05) is 50.5 Å². The first-order valence-electron chi connectivity index (χ1n) is 27.9. The van der Waals surface area contributed by atoms with Crippen molar-refractivity contribution in [3.05, 3.63) is 64.5 Å². The number of thiophene rings is 1. The first kappa shape index (κ1) is 66.9. The monoisotopic (exact) mass is 1170 g/mol. The molecule has 23 heteroatoms. The number of carbonyl (C=O) groups is 6. The highest BCUT2D eigenvalue weighted by atomic mass is 32.1. The molecule has 2 aliphatic heterocycles. The first-order chi connectivity index (χ1) is 38.8. The molecular weight excluding hydrogens is 1080 g/mol. The van der Waals surface area contributed by atoms with Gasteiger partial charge in [-0.1, -0.05) is 91.3 Å². The summed E-state index contributed by atoms with van der Waals surface area (Å²) in [6.45, 7) is 14.0. The van der Waals surface area contributed by atoms with Crippen molar-refractivity contribution in [3.63, 3.8) is 0 Å². The van der Waals surface area contributed by atoms with E-state index >= 15 is 0 Å². The quantitative estimate of drug-likeness (QED) is 0.0495. The minimum absolute atomic E-state index is 0.0121. The number of aliphatic hydroxyl groups excluding tert-OH is 5. The Kier molecular flexibility index (Phi) is 24.5. The highest BCUT2D eigenvalue weighted by molar-refractivity contribution is 7.21. The molecule has 2 saturated heterocycles. The SMILES string of the molecule is C#CCC(OC(=O)N(C)[C@H](C(=O)N[C@H](C(=O)N(C)[C@@H]([C@@H](C)CC)[C@@H](CC(=O)N1CCC[C@H]1[C@H](OC)[C@@H](C)C(=O)N[C@H](C)[C@@H](O)c1ccccc1)OC)C(C)C)C(C)C)c1ccc(O[C@@H]2O[C@H](CO)[C@H](O)[C@H](O)[C@H]2O)c2cc(C(=O)O)sc12. The lowest BCUT2D eigenvalue weighted by Gasteiger charge is -2.41. The molecule has 0 spiro atoms. The van der Waals surface area contributed by atoms with E-state index in [2.05, 4.69) is 16.6 Å². The van der Waals surface area contributed by atoms with Crippen LogP contribution in [0.25, 0.3) is 10.1 Å². The lowest BCUT2D eigenvalue weighted by Crippen LogP contribution is -2.60. The van der Waals surface area contributed by atoms with Crippen LogP contribution in [-0.4, -0.2) is 196 Å². The number of carboxylic acids is 1. The van der Waals surface area contributed by atoms with Crippen LogP contribution in [-0.2, 0) is 38.1 Å². The second kappa shape index (κ2) is 30.0. The van der Waals surface area contributed by atoms with Gasteiger partial charge in [0.05, 0.1) is 61.8 Å². The van der Waals surface area contributed by atoms with Crippen molar-refractivity contribution in [3.8, 4) is 18.1 Å². The number of hydrogen-bond donors (Lipinski definition) is 8. The van der Waals surface area contributed by atoms with Crippen LogP contribution in [0, 0.1) is 36.0 Å². The lowest BCUT2D eigenvalue weighted by molar-refractivity contribution is -0.277. The van der Waals surface area contributed by atoms with Crippen LogP contribution >= 0.6 is 11.3 Å². The van der Waals surface area contributed by atoms with E-state index in [1.54, 1.807) is 65.6 Å². The number of likely N-dealkylation sites (tertiary alicyclic amines) is 1. The van der Waals surface area contributed by atoms with Gasteiger partial charge in [0.15, 0.2) is 0 Å². The standard InChI is InChI=1S/C59H85N5O17S/c1-14-20-39(36-24-25-40(37-27-43(57(74)75)82-53(36)37)79-58-51(70)50(69)49(68)42(29-65)80-58)81-59(76)63(11)46(31(5)6)55(72)61-45(30(3)4)56(73)62(10)47(32(7)15-2)41(77-12)28-44(66)64-26-19-23-38(64)52(78-13)33(8)54(71)60-34(9)48(67)35-21-17-16-18-22-35/h1,16-18,21-22,24-25,27,30-34,38-39,41-42,45-52,58,65,67-70H,15,19-20,23,26,28-29H2,2-13H3,(H,60,71)(H,61,72)(H,74,75)/t32-,33+,34+,38-,39?,41+,42+,45-,46-,47-,48+,49-,50-,51+,52+,58+/m0/s1. The van der Waals surface area contributed by atoms with Gasteiger partial charge in [0.25, 0.3) is 0 Å². The number of ether oxygens (including phenoxy) is 5. The topological polar surface area (TPSA) is 304 Å². The molecule has 1 unspecified atom stereocenters. The Bertz CT molecular complexity index is 2680. The van der Waals surface area contributed by atoms with Crippen molar-refractivity contribution < 1.29 is 83.1 Å². The molecule has 2 aromatic carbocycles. The number of terminal acetylenes is 1. The van der Waals surface area contributed by atoms with Crippen molar-refractivity contribution in [1.82, 2.24) is 25.3 Å². The second-order valence-electron chi connectivity index (χ2n) is 22.2. The van der Waals surface area contributed by atoms with Crippen LogP contribution in [0.2, 0.25) is 0 Å². The highest BCUT2D eigenvalue weighted by Crippen LogP contribution is 2.41. The minimum Gasteiger partial charge on any atom is -0.477 e. The Hall–Kier alpha value is -5.94. The molecule has 3 heterocycles. The molecule has 1 aromatic heterocycles. The fourth-order valence-electron chi connectivity index (χ4n) is 11.1. The van der Waals surface area contributed by atoms with Gasteiger partial charge < -0.3 is 74.8 Å². The van der Waals surface area contributed by atoms with Crippen molar-refractivity contribution in [2.45, 2.75) is 173 Å². The number of nitrogens with zero attached hydrogens (tertiary/aromatic N) is 3. The number of methoxy groups -OCH3 is 2. The Labute approximate surface area is 484 Å². The van der Waals surface area contributed by atoms with Crippen molar-refractivity contribution >= 4 is 57.1 Å². The maximum atomic E-state index is 14.9. The third kappa shape index (κ3) is 15.4. The lowest BCUT2D eigenvalue weighted by atomic mass is 9.89. The van der Waals surface area contributed by atoms with E-state index in [-0.39, 0.29) is 56.9 Å². The summed E-state index contributed by atoms with van der Waals surface area (Å²) < 4.78 is 29.8. The van der Waals surface area contributed by atoms with Gasteiger partial charge in [0.2, 0.25) is 29.9 Å². The summed E-state index contributed by atoms with van der Waals surface area (Å²) >= 11 is 0.821. The van der Waals surface area contributed by atoms with Crippen LogP contribution in [0.4, 0.5) is 4.79 Å². The Morgan fingerprint density at radius 2 is 1.56 bits per heavy atom. The van der Waals surface area contributed by atoms with Crippen molar-refractivity contribution in [1.29, 1.82) is 0 Å². The van der Waals surface area contributed by atoms with Gasteiger partial charge in [-0.3, -0.25) is 24.1 Å². The Morgan fingerprint density at radius 3 is 2.13 bits per heavy atom. The Balaban J connectivity index is 1.32. The summed E-state index contributed by atoms with van der Waals surface area (Å²) in [4.78, 5) is 88.3. The number of amides is 5. The van der Waals surface area contributed by atoms with Crippen LogP contribution in [0.15, 0.2) is 48.5 Å². The molecule has 16 atom stereocenters. The van der Waals surface area contributed by atoms with Crippen LogP contribution in [0.5, 0.6) is 5.75 Å². The molecule has 0 saturated carbocycles. The third-order valence-corrected chi connectivity index (χ3v) is 17.1. The number of carboxylic acid groups (broad SMARTS) is 1. The zero-order valence-electron chi connectivity index (χ0n) is 49.0. The van der Waals surface area contributed by atoms with Crippen molar-refractivity contribution in [2.24, 2.45) is 23.7 Å². The number of rotatable bonds is 27. The predicted molar refractivity (Wildman–Crippen MR) is 304 cm³/mol. The zero-order valence-corrected chi connectivity index (χ0v) is 49.8. The van der Waals surface area contributed by atoms with Gasteiger partial charge in [-0.25, -0.2) is 9.59 Å². The average Bonchev–Trinajstić information content (AvgIpc) is 4.01. The molecule has 2 fully saturated rings. The van der Waals surface area contributed by atoms with Gasteiger partial charge in [0.1, 0.15) is 53.2 Å².